The van der Waals surface area contributed by atoms with Crippen LogP contribution in [0.4, 0.5) is 0 Å². The Morgan fingerprint density at radius 1 is 0.731 bits per heavy atom. The van der Waals surface area contributed by atoms with Gasteiger partial charge in [-0.3, -0.25) is 0 Å². The van der Waals surface area contributed by atoms with E-state index in [9.17, 15) is 0 Å². The van der Waals surface area contributed by atoms with Crippen molar-refractivity contribution in [3.63, 3.8) is 0 Å². The number of ether oxygens (including phenoxy) is 1. The van der Waals surface area contributed by atoms with E-state index in [4.69, 9.17) is 14.9 Å². The lowest BCUT2D eigenvalue weighted by Gasteiger charge is -2.05. The summed E-state index contributed by atoms with van der Waals surface area (Å²) in [5.41, 5.74) is 2.25. The molecule has 0 aliphatic heterocycles. The minimum absolute atomic E-state index is 0.125. The third kappa shape index (κ3) is 43.7. The van der Waals surface area contributed by atoms with Crippen molar-refractivity contribution in [2.45, 2.75) is 97.8 Å². The molecule has 158 valence electrons. The van der Waals surface area contributed by atoms with Gasteiger partial charge in [0.15, 0.2) is 0 Å². The second kappa shape index (κ2) is 32.1. The zero-order chi connectivity index (χ0) is 20.3. The Kier molecular flexibility index (Phi) is 37.2. The van der Waals surface area contributed by atoms with Gasteiger partial charge in [-0.05, 0) is 18.8 Å². The fourth-order valence-electron chi connectivity index (χ4n) is 2.37. The lowest BCUT2D eigenvalue weighted by Crippen LogP contribution is -1.96. The normalized spacial score (nSPS) is 9.77. The number of hydrogen-bond acceptors (Lipinski definition) is 3. The molecule has 0 unspecified atom stereocenters. The Labute approximate surface area is 164 Å². The molecular formula is C23H48O3. The molecule has 0 spiro atoms. The maximum absolute atomic E-state index is 7.62. The number of unbranched alkanes of at least 4 members (excludes halogenated alkanes) is 9. The van der Waals surface area contributed by atoms with E-state index in [2.05, 4.69) is 39.7 Å². The summed E-state index contributed by atoms with van der Waals surface area (Å²) in [7, 11) is 0. The Balaban J connectivity index is -0.000000643. The number of aliphatic hydroxyl groups excluding tert-OH is 2. The average Bonchev–Trinajstić information content (AvgIpc) is 2.62. The van der Waals surface area contributed by atoms with Crippen molar-refractivity contribution in [3.8, 4) is 0 Å². The first-order valence-electron chi connectivity index (χ1n) is 10.7. The highest BCUT2D eigenvalue weighted by molar-refractivity contribution is 4.52. The first kappa shape index (κ1) is 30.1. The zero-order valence-electron chi connectivity index (χ0n) is 18.1. The first-order valence-corrected chi connectivity index (χ1v) is 10.7. The van der Waals surface area contributed by atoms with Crippen molar-refractivity contribution in [1.29, 1.82) is 0 Å². The molecule has 0 amide bonds. The van der Waals surface area contributed by atoms with Crippen LogP contribution in [0.25, 0.3) is 0 Å². The maximum atomic E-state index is 7.62. The van der Waals surface area contributed by atoms with E-state index in [0.29, 0.717) is 0 Å². The minimum atomic E-state index is -0.125. The molecule has 3 nitrogen and oxygen atoms in total. The topological polar surface area (TPSA) is 49.7 Å². The third-order valence-corrected chi connectivity index (χ3v) is 3.81. The van der Waals surface area contributed by atoms with Crippen LogP contribution in [0.2, 0.25) is 0 Å². The molecule has 0 saturated heterocycles. The Hall–Kier alpha value is -0.600. The molecule has 0 aromatic carbocycles. The summed E-state index contributed by atoms with van der Waals surface area (Å²) < 4.78 is 5.62. The van der Waals surface area contributed by atoms with E-state index in [-0.39, 0.29) is 13.2 Å². The molecule has 0 atom stereocenters. The van der Waals surface area contributed by atoms with E-state index in [1.54, 1.807) is 0 Å². The van der Waals surface area contributed by atoms with Gasteiger partial charge >= 0.3 is 0 Å². The molecule has 0 fully saturated rings. The average molecular weight is 373 g/mol. The van der Waals surface area contributed by atoms with Crippen LogP contribution in [0.1, 0.15) is 97.8 Å². The third-order valence-electron chi connectivity index (χ3n) is 3.81. The molecule has 0 radical (unpaired) electrons. The van der Waals surface area contributed by atoms with Crippen molar-refractivity contribution in [2.24, 2.45) is 5.92 Å². The highest BCUT2D eigenvalue weighted by atomic mass is 16.5. The molecule has 0 aliphatic rings. The van der Waals surface area contributed by atoms with Gasteiger partial charge in [0.1, 0.15) is 0 Å². The molecule has 0 saturated carbocycles. The largest absolute Gasteiger partial charge is 0.394 e. The second-order valence-corrected chi connectivity index (χ2v) is 7.03. The van der Waals surface area contributed by atoms with E-state index in [1.165, 1.54) is 77.0 Å². The molecule has 0 heterocycles. The van der Waals surface area contributed by atoms with Gasteiger partial charge in [-0.1, -0.05) is 98.1 Å². The van der Waals surface area contributed by atoms with Gasteiger partial charge < -0.3 is 14.9 Å². The maximum Gasteiger partial charge on any atom is 0.0662 e. The fourth-order valence-corrected chi connectivity index (χ4v) is 2.37. The smallest absolute Gasteiger partial charge is 0.0662 e. The molecule has 0 aliphatic carbocycles. The Morgan fingerprint density at radius 3 is 1.50 bits per heavy atom. The summed E-state index contributed by atoms with van der Waals surface area (Å²) in [5, 5.41) is 15.2. The van der Waals surface area contributed by atoms with Gasteiger partial charge in [-0.25, -0.2) is 0 Å². The Morgan fingerprint density at radius 2 is 1.12 bits per heavy atom. The molecule has 0 rings (SSSR count). The first-order chi connectivity index (χ1) is 12.6. The van der Waals surface area contributed by atoms with Gasteiger partial charge in [0.25, 0.3) is 0 Å². The molecule has 3 heteroatoms. The molecule has 26 heavy (non-hydrogen) atoms. The second-order valence-electron chi connectivity index (χ2n) is 7.03. The van der Waals surface area contributed by atoms with Gasteiger partial charge in [-0.15, -0.1) is 5.73 Å². The summed E-state index contributed by atoms with van der Waals surface area (Å²) in [4.78, 5) is 0. The predicted molar refractivity (Wildman–Crippen MR) is 116 cm³/mol. The predicted octanol–water partition coefficient (Wildman–Crippen LogP) is 6.29. The molecule has 0 aromatic heterocycles. The summed E-state index contributed by atoms with van der Waals surface area (Å²) >= 11 is 0. The summed E-state index contributed by atoms with van der Waals surface area (Å²) in [5.74, 6) is 0.886. The van der Waals surface area contributed by atoms with Crippen molar-refractivity contribution < 1.29 is 14.9 Å². The zero-order valence-corrected chi connectivity index (χ0v) is 18.1. The van der Waals surface area contributed by atoms with E-state index in [0.717, 1.165) is 19.1 Å². The van der Waals surface area contributed by atoms with E-state index >= 15 is 0 Å². The van der Waals surface area contributed by atoms with Crippen molar-refractivity contribution in [2.75, 3.05) is 26.4 Å². The van der Waals surface area contributed by atoms with Crippen LogP contribution in [0, 0.1) is 5.92 Å². The highest BCUT2D eigenvalue weighted by Gasteiger charge is 1.95. The lowest BCUT2D eigenvalue weighted by atomic mass is 10.0. The van der Waals surface area contributed by atoms with Gasteiger partial charge in [0.2, 0.25) is 0 Å². The summed E-state index contributed by atoms with van der Waals surface area (Å²) in [6.07, 6.45) is 16.5. The van der Waals surface area contributed by atoms with Gasteiger partial charge in [-0.2, -0.15) is 0 Å². The SMILES string of the molecule is C=C=C.CCCCCOCCCCCCCCCCC(C)C.OCCO. The minimum Gasteiger partial charge on any atom is -0.394 e. The van der Waals surface area contributed by atoms with Crippen molar-refractivity contribution >= 4 is 0 Å². The van der Waals surface area contributed by atoms with Crippen LogP contribution in [0.15, 0.2) is 18.9 Å². The van der Waals surface area contributed by atoms with Crippen LogP contribution >= 0.6 is 0 Å². The van der Waals surface area contributed by atoms with Gasteiger partial charge in [0.05, 0.1) is 13.2 Å². The van der Waals surface area contributed by atoms with E-state index < -0.39 is 0 Å². The monoisotopic (exact) mass is 372 g/mol. The van der Waals surface area contributed by atoms with E-state index in [1.807, 2.05) is 0 Å². The molecule has 2 N–H and O–H groups in total. The molecule has 0 aromatic rings. The number of hydrogen-bond donors (Lipinski definition) is 2. The summed E-state index contributed by atoms with van der Waals surface area (Å²) in [6.45, 7) is 14.8. The number of rotatable bonds is 16. The number of aliphatic hydroxyl groups is 2. The summed E-state index contributed by atoms with van der Waals surface area (Å²) in [6, 6.07) is 0. The fraction of sp³-hybridized carbons (Fsp3) is 0.870. The molecule has 0 bridgehead atoms. The quantitative estimate of drug-likeness (QED) is 0.247. The highest BCUT2D eigenvalue weighted by Crippen LogP contribution is 2.12. The standard InChI is InChI=1S/C18H38O.C3H4.C2H6O2/c1-4-5-13-16-19-17-14-11-9-7-6-8-10-12-15-18(2)3;1-3-2;3-1-2-4/h18H,4-17H2,1-3H3;1-2H2;3-4H,1-2H2. The van der Waals surface area contributed by atoms with Crippen molar-refractivity contribution in [1.82, 2.24) is 0 Å². The van der Waals surface area contributed by atoms with Crippen LogP contribution in [0.3, 0.4) is 0 Å². The van der Waals surface area contributed by atoms with Crippen LogP contribution in [-0.2, 0) is 4.74 Å². The van der Waals surface area contributed by atoms with Crippen molar-refractivity contribution in [3.05, 3.63) is 18.9 Å². The Bertz CT molecular complexity index is 244. The van der Waals surface area contributed by atoms with Crippen LogP contribution in [-0.4, -0.2) is 36.6 Å². The van der Waals surface area contributed by atoms with Crippen LogP contribution < -0.4 is 0 Å². The molecular weight excluding hydrogens is 324 g/mol. The lowest BCUT2D eigenvalue weighted by molar-refractivity contribution is 0.126. The van der Waals surface area contributed by atoms with Crippen LogP contribution in [0.5, 0.6) is 0 Å². The van der Waals surface area contributed by atoms with Gasteiger partial charge in [0, 0.05) is 13.2 Å².